The van der Waals surface area contributed by atoms with Gasteiger partial charge in [-0.2, -0.15) is 0 Å². The maximum Gasteiger partial charge on any atom is 0.511 e. The Kier molecular flexibility index (Phi) is 33.9. The average Bonchev–Trinajstić information content (AvgIpc) is 3.26. The number of allylic oxidation sites excluding steroid dienone is 4. The number of rotatable bonds is 35. The van der Waals surface area contributed by atoms with Crippen molar-refractivity contribution in [2.24, 2.45) is 11.8 Å². The highest BCUT2D eigenvalue weighted by Gasteiger charge is 2.44. The van der Waals surface area contributed by atoms with E-state index in [-0.39, 0.29) is 64.2 Å². The molecule has 0 N–H and O–H groups in total. The third-order valence-electron chi connectivity index (χ3n) is 10.5. The van der Waals surface area contributed by atoms with Crippen molar-refractivity contribution in [2.75, 3.05) is 52.7 Å². The zero-order valence-corrected chi connectivity index (χ0v) is 39.0. The molecule has 0 radical (unpaired) electrons. The lowest BCUT2D eigenvalue weighted by Gasteiger charge is -2.33. The number of esters is 3. The number of ether oxygens (including phenoxy) is 7. The molecular formula is C49H83NO11. The molecule has 0 aromatic rings. The van der Waals surface area contributed by atoms with Gasteiger partial charge in [0.25, 0.3) is 12.1 Å². The fourth-order valence-corrected chi connectivity index (χ4v) is 6.64. The van der Waals surface area contributed by atoms with Crippen LogP contribution in [0.4, 0.5) is 4.79 Å². The molecule has 1 aliphatic rings. The summed E-state index contributed by atoms with van der Waals surface area (Å²) in [6.45, 7) is 15.5. The molecule has 350 valence electrons. The molecule has 0 aromatic carbocycles. The molecule has 0 aliphatic carbocycles. The quantitative estimate of drug-likeness (QED) is 0.0150. The van der Waals surface area contributed by atoms with Crippen molar-refractivity contribution in [1.29, 1.82) is 0 Å². The number of carbonyl (C=O) groups excluding carboxylic acids is 4. The van der Waals surface area contributed by atoms with Gasteiger partial charge < -0.3 is 38.1 Å². The number of likely N-dealkylation sites (tertiary alicyclic amines) is 1. The summed E-state index contributed by atoms with van der Waals surface area (Å²) in [5.41, 5.74) is 0. The fraction of sp³-hybridized carbons (Fsp3) is 0.796. The molecule has 1 aliphatic heterocycles. The van der Waals surface area contributed by atoms with Crippen LogP contribution < -0.4 is 0 Å². The molecule has 3 unspecified atom stereocenters. The normalized spacial score (nSPS) is 15.5. The standard InChI is InChI=1S/C49H83NO11/c1-7-12-15-18-21-22-23-28-36-55-44(51)33-26-27-34-45(52)56-40-42(6)46(61-48(54)57-41-43-32-31-35-50(11-5)39-43)60-47(53)49(10-4,58-37-29-24-19-16-13-8-2)59-38-30-25-20-17-14-9-3/h13-14,16-17,42-43,46H,7-12,15,18-21,24-41H2,1-6H3/b16-13-,17-14-. The van der Waals surface area contributed by atoms with Gasteiger partial charge in [-0.15, -0.1) is 5.92 Å². The summed E-state index contributed by atoms with van der Waals surface area (Å²) >= 11 is 0. The summed E-state index contributed by atoms with van der Waals surface area (Å²) in [4.78, 5) is 54.5. The maximum absolute atomic E-state index is 14.1. The Labute approximate surface area is 369 Å². The molecule has 0 saturated carbocycles. The van der Waals surface area contributed by atoms with Crippen LogP contribution >= 0.6 is 0 Å². The van der Waals surface area contributed by atoms with E-state index in [0.29, 0.717) is 32.1 Å². The van der Waals surface area contributed by atoms with E-state index in [1.165, 1.54) is 19.3 Å². The Hall–Kier alpha value is -3.40. The molecule has 1 saturated heterocycles. The van der Waals surface area contributed by atoms with Gasteiger partial charge >= 0.3 is 24.1 Å². The Morgan fingerprint density at radius 3 is 1.95 bits per heavy atom. The van der Waals surface area contributed by atoms with Crippen molar-refractivity contribution in [3.8, 4) is 11.8 Å². The van der Waals surface area contributed by atoms with Gasteiger partial charge in [0.05, 0.1) is 25.7 Å². The van der Waals surface area contributed by atoms with Gasteiger partial charge in [0.15, 0.2) is 0 Å². The van der Waals surface area contributed by atoms with E-state index in [1.54, 1.807) is 13.8 Å². The maximum atomic E-state index is 14.1. The highest BCUT2D eigenvalue weighted by molar-refractivity contribution is 5.78. The van der Waals surface area contributed by atoms with Crippen LogP contribution in [0.3, 0.4) is 0 Å². The molecule has 1 fully saturated rings. The minimum Gasteiger partial charge on any atom is -0.465 e. The minimum atomic E-state index is -1.73. The predicted octanol–water partition coefficient (Wildman–Crippen LogP) is 10.8. The molecule has 0 spiro atoms. The summed E-state index contributed by atoms with van der Waals surface area (Å²) in [5, 5.41) is 0. The fourth-order valence-electron chi connectivity index (χ4n) is 6.64. The third kappa shape index (κ3) is 28.0. The van der Waals surface area contributed by atoms with Crippen molar-refractivity contribution < 1.29 is 52.3 Å². The second-order valence-corrected chi connectivity index (χ2v) is 15.9. The molecule has 12 nitrogen and oxygen atoms in total. The predicted molar refractivity (Wildman–Crippen MR) is 239 cm³/mol. The molecule has 0 amide bonds. The molecule has 1 heterocycles. The van der Waals surface area contributed by atoms with Crippen LogP contribution in [0.15, 0.2) is 24.3 Å². The van der Waals surface area contributed by atoms with Crippen LogP contribution in [-0.2, 0) is 47.5 Å². The molecule has 61 heavy (non-hydrogen) atoms. The monoisotopic (exact) mass is 862 g/mol. The molecular weight excluding hydrogens is 779 g/mol. The lowest BCUT2D eigenvalue weighted by molar-refractivity contribution is -0.266. The van der Waals surface area contributed by atoms with Gasteiger partial charge in [-0.25, -0.2) is 9.59 Å². The number of unbranched alkanes of at least 4 members (excludes halogenated alkanes) is 9. The number of hydrogen-bond acceptors (Lipinski definition) is 12. The summed E-state index contributed by atoms with van der Waals surface area (Å²) in [6.07, 6.45) is 22.4. The Morgan fingerprint density at radius 2 is 1.34 bits per heavy atom. The van der Waals surface area contributed by atoms with Crippen LogP contribution in [0, 0.1) is 23.7 Å². The van der Waals surface area contributed by atoms with Crippen LogP contribution in [0.25, 0.3) is 0 Å². The first-order valence-corrected chi connectivity index (χ1v) is 23.8. The van der Waals surface area contributed by atoms with Gasteiger partial charge in [0.2, 0.25) is 0 Å². The van der Waals surface area contributed by atoms with E-state index in [4.69, 9.17) is 33.2 Å². The molecule has 3 atom stereocenters. The van der Waals surface area contributed by atoms with Gasteiger partial charge in [0, 0.05) is 44.6 Å². The van der Waals surface area contributed by atoms with E-state index in [9.17, 15) is 19.2 Å². The average molecular weight is 862 g/mol. The smallest absolute Gasteiger partial charge is 0.465 e. The van der Waals surface area contributed by atoms with E-state index >= 15 is 0 Å². The van der Waals surface area contributed by atoms with Crippen molar-refractivity contribution in [1.82, 2.24) is 4.90 Å². The Bertz CT molecular complexity index is 1260. The topological polar surface area (TPSA) is 136 Å². The van der Waals surface area contributed by atoms with Crippen molar-refractivity contribution in [2.45, 2.75) is 188 Å². The summed E-state index contributed by atoms with van der Waals surface area (Å²) < 4.78 is 40.4. The summed E-state index contributed by atoms with van der Waals surface area (Å²) in [5.74, 6) is 2.22. The van der Waals surface area contributed by atoms with Crippen LogP contribution in [0.5, 0.6) is 0 Å². The largest absolute Gasteiger partial charge is 0.511 e. The highest BCUT2D eigenvalue weighted by atomic mass is 16.8. The number of piperidine rings is 1. The summed E-state index contributed by atoms with van der Waals surface area (Å²) in [7, 11) is 0. The first-order valence-electron chi connectivity index (χ1n) is 23.8. The minimum absolute atomic E-state index is 0.0795. The van der Waals surface area contributed by atoms with Gasteiger partial charge in [-0.1, -0.05) is 91.0 Å². The number of hydrogen-bond donors (Lipinski definition) is 0. The van der Waals surface area contributed by atoms with Crippen LogP contribution in [-0.4, -0.2) is 93.7 Å². The SMILES string of the molecule is CC/C=C\CCCCOC(CC)(OCCCC/C=C\CC)C(=O)OC(OC(=O)OCC1CCCN(CC)C1)C(C)COC(=O)CCCCC(=O)OCCC#CCCCCCC. The lowest BCUT2D eigenvalue weighted by atomic mass is 9.99. The van der Waals surface area contributed by atoms with Crippen LogP contribution in [0.2, 0.25) is 0 Å². The van der Waals surface area contributed by atoms with Gasteiger partial charge in [0.1, 0.15) is 13.2 Å². The molecule has 0 bridgehead atoms. The third-order valence-corrected chi connectivity index (χ3v) is 10.5. The first kappa shape index (κ1) is 55.6. The zero-order chi connectivity index (χ0) is 44.8. The van der Waals surface area contributed by atoms with E-state index in [2.05, 4.69) is 68.7 Å². The second-order valence-electron chi connectivity index (χ2n) is 15.9. The Balaban J connectivity index is 2.89. The van der Waals surface area contributed by atoms with E-state index in [0.717, 1.165) is 83.8 Å². The van der Waals surface area contributed by atoms with Gasteiger partial charge in [-0.3, -0.25) is 9.59 Å². The number of nitrogens with zero attached hydrogens (tertiary/aromatic N) is 1. The number of carbonyl (C=O) groups is 4. The molecule has 12 heteroatoms. The van der Waals surface area contributed by atoms with Crippen molar-refractivity contribution >= 4 is 24.1 Å². The lowest BCUT2D eigenvalue weighted by Crippen LogP contribution is -2.48. The molecule has 0 aromatic heterocycles. The molecule has 1 rings (SSSR count). The van der Waals surface area contributed by atoms with Crippen molar-refractivity contribution in [3.63, 3.8) is 0 Å². The second kappa shape index (κ2) is 37.2. The zero-order valence-electron chi connectivity index (χ0n) is 39.0. The van der Waals surface area contributed by atoms with Crippen LogP contribution in [0.1, 0.15) is 176 Å². The van der Waals surface area contributed by atoms with Crippen molar-refractivity contribution in [3.05, 3.63) is 24.3 Å². The van der Waals surface area contributed by atoms with E-state index in [1.807, 2.05) is 0 Å². The van der Waals surface area contributed by atoms with Gasteiger partial charge in [-0.05, 0) is 96.6 Å². The summed E-state index contributed by atoms with van der Waals surface area (Å²) in [6, 6.07) is 0. The van der Waals surface area contributed by atoms with E-state index < -0.39 is 36.1 Å². The first-order chi connectivity index (χ1) is 29.6. The Morgan fingerprint density at radius 1 is 0.705 bits per heavy atom. The highest BCUT2D eigenvalue weighted by Crippen LogP contribution is 2.26.